The van der Waals surface area contributed by atoms with E-state index in [-0.39, 0.29) is 6.61 Å². The fourth-order valence-electron chi connectivity index (χ4n) is 2.25. The Morgan fingerprint density at radius 1 is 1.24 bits per heavy atom. The maximum absolute atomic E-state index is 8.89. The standard InChI is InChI=1S/C15H29N5O/c1-4-20(5-2)8-6-18-15-13(11-16)12(3)10-14(19-15)17-7-9-21/h10,21H,4-9,11,16H2,1-3H3,(H2,17,18,19). The molecule has 120 valence electrons. The number of likely N-dealkylation sites (N-methyl/N-ethyl adjacent to an activating group) is 1. The van der Waals surface area contributed by atoms with Crippen LogP contribution in [-0.4, -0.2) is 54.3 Å². The van der Waals surface area contributed by atoms with Gasteiger partial charge in [-0.05, 0) is 31.6 Å². The van der Waals surface area contributed by atoms with Crippen molar-refractivity contribution in [2.24, 2.45) is 5.73 Å². The van der Waals surface area contributed by atoms with Gasteiger partial charge in [0.1, 0.15) is 11.6 Å². The second-order valence-electron chi connectivity index (χ2n) is 4.96. The minimum atomic E-state index is 0.0874. The highest BCUT2D eigenvalue weighted by Gasteiger charge is 2.09. The first-order chi connectivity index (χ1) is 10.2. The molecule has 5 N–H and O–H groups in total. The van der Waals surface area contributed by atoms with Crippen LogP contribution in [-0.2, 0) is 6.54 Å². The summed E-state index contributed by atoms with van der Waals surface area (Å²) in [5.74, 6) is 1.61. The highest BCUT2D eigenvalue weighted by atomic mass is 16.3. The number of nitrogens with zero attached hydrogens (tertiary/aromatic N) is 2. The molecule has 21 heavy (non-hydrogen) atoms. The third-order valence-electron chi connectivity index (χ3n) is 3.58. The number of aryl methyl sites for hydroxylation is 1. The van der Waals surface area contributed by atoms with Gasteiger partial charge < -0.3 is 26.4 Å². The van der Waals surface area contributed by atoms with Crippen molar-refractivity contribution in [2.75, 3.05) is 50.0 Å². The zero-order valence-electron chi connectivity index (χ0n) is 13.4. The van der Waals surface area contributed by atoms with E-state index in [0.717, 1.165) is 48.9 Å². The van der Waals surface area contributed by atoms with Gasteiger partial charge in [-0.2, -0.15) is 0 Å². The van der Waals surface area contributed by atoms with Crippen LogP contribution in [0.1, 0.15) is 25.0 Å². The summed E-state index contributed by atoms with van der Waals surface area (Å²) in [6, 6.07) is 1.97. The van der Waals surface area contributed by atoms with E-state index in [2.05, 4.69) is 34.4 Å². The molecule has 1 aromatic rings. The van der Waals surface area contributed by atoms with Crippen molar-refractivity contribution >= 4 is 11.6 Å². The van der Waals surface area contributed by atoms with Crippen LogP contribution in [0.15, 0.2) is 6.07 Å². The molecule has 0 radical (unpaired) electrons. The summed E-state index contributed by atoms with van der Waals surface area (Å²) < 4.78 is 0. The average molecular weight is 295 g/mol. The van der Waals surface area contributed by atoms with Crippen molar-refractivity contribution in [2.45, 2.75) is 27.3 Å². The van der Waals surface area contributed by atoms with Gasteiger partial charge >= 0.3 is 0 Å². The average Bonchev–Trinajstić information content (AvgIpc) is 2.49. The van der Waals surface area contributed by atoms with Gasteiger partial charge in [-0.15, -0.1) is 0 Å². The Labute approximate surface area is 127 Å². The van der Waals surface area contributed by atoms with Crippen LogP contribution >= 0.6 is 0 Å². The first-order valence-corrected chi connectivity index (χ1v) is 7.67. The van der Waals surface area contributed by atoms with Crippen LogP contribution < -0.4 is 16.4 Å². The largest absolute Gasteiger partial charge is 0.395 e. The molecule has 0 aromatic carbocycles. The Morgan fingerprint density at radius 2 is 1.95 bits per heavy atom. The van der Waals surface area contributed by atoms with Crippen molar-refractivity contribution in [3.63, 3.8) is 0 Å². The van der Waals surface area contributed by atoms with Crippen molar-refractivity contribution in [3.05, 3.63) is 17.2 Å². The number of hydrogen-bond donors (Lipinski definition) is 4. The second-order valence-corrected chi connectivity index (χ2v) is 4.96. The molecule has 0 amide bonds. The van der Waals surface area contributed by atoms with Gasteiger partial charge in [-0.1, -0.05) is 13.8 Å². The lowest BCUT2D eigenvalue weighted by atomic mass is 10.1. The smallest absolute Gasteiger partial charge is 0.133 e. The van der Waals surface area contributed by atoms with Crippen LogP contribution in [0.4, 0.5) is 11.6 Å². The van der Waals surface area contributed by atoms with E-state index in [1.807, 2.05) is 13.0 Å². The predicted molar refractivity (Wildman–Crippen MR) is 88.7 cm³/mol. The van der Waals surface area contributed by atoms with Crippen LogP contribution in [0.3, 0.4) is 0 Å². The van der Waals surface area contributed by atoms with E-state index >= 15 is 0 Å². The highest BCUT2D eigenvalue weighted by Crippen LogP contribution is 2.20. The number of nitrogens with one attached hydrogen (secondary N) is 2. The maximum atomic E-state index is 8.89. The molecule has 0 unspecified atom stereocenters. The molecule has 0 aliphatic heterocycles. The molecule has 0 aliphatic carbocycles. The molecule has 0 saturated heterocycles. The van der Waals surface area contributed by atoms with E-state index in [1.54, 1.807) is 0 Å². The Kier molecular flexibility index (Phi) is 8.04. The molecule has 6 nitrogen and oxygen atoms in total. The molecule has 1 heterocycles. The molecule has 0 bridgehead atoms. The van der Waals surface area contributed by atoms with E-state index in [1.165, 1.54) is 0 Å². The zero-order valence-corrected chi connectivity index (χ0v) is 13.4. The molecule has 0 aliphatic rings. The van der Waals surface area contributed by atoms with Gasteiger partial charge in [0.15, 0.2) is 0 Å². The van der Waals surface area contributed by atoms with Gasteiger partial charge in [-0.25, -0.2) is 4.98 Å². The lowest BCUT2D eigenvalue weighted by Crippen LogP contribution is -2.29. The zero-order chi connectivity index (χ0) is 15.7. The van der Waals surface area contributed by atoms with Crippen LogP contribution in [0, 0.1) is 6.92 Å². The Morgan fingerprint density at radius 3 is 2.52 bits per heavy atom. The minimum absolute atomic E-state index is 0.0874. The number of rotatable bonds is 10. The number of aliphatic hydroxyl groups excluding tert-OH is 1. The SMILES string of the molecule is CCN(CC)CCNc1nc(NCCO)cc(C)c1CN. The molecular formula is C15H29N5O. The summed E-state index contributed by atoms with van der Waals surface area (Å²) in [6.07, 6.45) is 0. The molecule has 1 aromatic heterocycles. The number of hydrogen-bond acceptors (Lipinski definition) is 6. The summed E-state index contributed by atoms with van der Waals surface area (Å²) >= 11 is 0. The fraction of sp³-hybridized carbons (Fsp3) is 0.667. The topological polar surface area (TPSA) is 86.4 Å². The first-order valence-electron chi connectivity index (χ1n) is 7.67. The van der Waals surface area contributed by atoms with E-state index in [4.69, 9.17) is 10.8 Å². The normalized spacial score (nSPS) is 11.0. The van der Waals surface area contributed by atoms with E-state index in [0.29, 0.717) is 13.1 Å². The number of pyridine rings is 1. The predicted octanol–water partition coefficient (Wildman–Crippen LogP) is 1.01. The number of anilines is 2. The van der Waals surface area contributed by atoms with Crippen LogP contribution in [0.25, 0.3) is 0 Å². The molecule has 0 spiro atoms. The Hall–Kier alpha value is -1.37. The quantitative estimate of drug-likeness (QED) is 0.515. The third-order valence-corrected chi connectivity index (χ3v) is 3.58. The van der Waals surface area contributed by atoms with Crippen molar-refractivity contribution in [1.29, 1.82) is 0 Å². The van der Waals surface area contributed by atoms with E-state index < -0.39 is 0 Å². The summed E-state index contributed by atoms with van der Waals surface area (Å²) in [5, 5.41) is 15.4. The molecule has 0 fully saturated rings. The van der Waals surface area contributed by atoms with Crippen LogP contribution in [0.5, 0.6) is 0 Å². The van der Waals surface area contributed by atoms with E-state index in [9.17, 15) is 0 Å². The second kappa shape index (κ2) is 9.55. The minimum Gasteiger partial charge on any atom is -0.395 e. The number of aromatic nitrogens is 1. The van der Waals surface area contributed by atoms with Crippen molar-refractivity contribution < 1.29 is 5.11 Å². The molecule has 1 rings (SSSR count). The van der Waals surface area contributed by atoms with Gasteiger partial charge in [0.05, 0.1) is 6.61 Å². The van der Waals surface area contributed by atoms with Crippen molar-refractivity contribution in [3.8, 4) is 0 Å². The molecule has 0 atom stereocenters. The first kappa shape index (κ1) is 17.7. The third kappa shape index (κ3) is 5.49. The molecule has 0 saturated carbocycles. The summed E-state index contributed by atoms with van der Waals surface area (Å²) in [6.45, 7) is 11.3. The lowest BCUT2D eigenvalue weighted by Gasteiger charge is -2.20. The Bertz CT molecular complexity index is 421. The summed E-state index contributed by atoms with van der Waals surface area (Å²) in [7, 11) is 0. The maximum Gasteiger partial charge on any atom is 0.133 e. The fourth-order valence-corrected chi connectivity index (χ4v) is 2.25. The molecular weight excluding hydrogens is 266 g/mol. The highest BCUT2D eigenvalue weighted by molar-refractivity contribution is 5.55. The Balaban J connectivity index is 2.75. The number of nitrogens with two attached hydrogens (primary N) is 1. The van der Waals surface area contributed by atoms with Gasteiger partial charge in [0, 0.05) is 31.7 Å². The monoisotopic (exact) mass is 295 g/mol. The van der Waals surface area contributed by atoms with Gasteiger partial charge in [0.25, 0.3) is 0 Å². The van der Waals surface area contributed by atoms with Gasteiger partial charge in [0.2, 0.25) is 0 Å². The number of aliphatic hydroxyl groups is 1. The molecule has 6 heteroatoms. The summed E-state index contributed by atoms with van der Waals surface area (Å²) in [5.41, 5.74) is 7.99. The van der Waals surface area contributed by atoms with Crippen molar-refractivity contribution in [1.82, 2.24) is 9.88 Å². The van der Waals surface area contributed by atoms with Crippen LogP contribution in [0.2, 0.25) is 0 Å². The summed E-state index contributed by atoms with van der Waals surface area (Å²) in [4.78, 5) is 6.92. The van der Waals surface area contributed by atoms with Gasteiger partial charge in [-0.3, -0.25) is 0 Å². The lowest BCUT2D eigenvalue weighted by molar-refractivity contribution is 0.311.